The van der Waals surface area contributed by atoms with E-state index in [0.29, 0.717) is 11.8 Å². The minimum absolute atomic E-state index is 0.0332. The molecular formula is C64H63BN3Si-. The molecule has 0 N–H and O–H groups in total. The number of fused-ring (bicyclic) bond motifs is 8. The van der Waals surface area contributed by atoms with E-state index in [-0.39, 0.29) is 23.6 Å². The zero-order valence-corrected chi connectivity index (χ0v) is 42.3. The van der Waals surface area contributed by atoms with Crippen LogP contribution in [-0.2, 0) is 10.8 Å². The normalized spacial score (nSPS) is 24.3. The number of allylic oxidation sites excluding steroid dienone is 2. The molecule has 342 valence electrons. The first-order valence-corrected chi connectivity index (χ1v) is 30.3. The van der Waals surface area contributed by atoms with Gasteiger partial charge in [0.25, 0.3) is 0 Å². The average Bonchev–Trinajstić information content (AvgIpc) is 3.91. The van der Waals surface area contributed by atoms with Crippen molar-refractivity contribution in [1.82, 2.24) is 0 Å². The Labute approximate surface area is 411 Å². The fourth-order valence-corrected chi connectivity index (χ4v) is 16.7. The van der Waals surface area contributed by atoms with E-state index in [4.69, 9.17) is 0 Å². The molecule has 3 nitrogen and oxygen atoms in total. The van der Waals surface area contributed by atoms with Gasteiger partial charge in [0.15, 0.2) is 0 Å². The molecule has 6 atom stereocenters. The van der Waals surface area contributed by atoms with Crippen molar-refractivity contribution in [1.29, 1.82) is 0 Å². The van der Waals surface area contributed by atoms with Crippen LogP contribution in [0, 0.1) is 23.7 Å². The van der Waals surface area contributed by atoms with Crippen LogP contribution in [0.2, 0.25) is 19.6 Å². The Bertz CT molecular complexity index is 3250. The van der Waals surface area contributed by atoms with Crippen molar-refractivity contribution in [3.63, 3.8) is 0 Å². The first kappa shape index (κ1) is 41.7. The Morgan fingerprint density at radius 1 is 0.652 bits per heavy atom. The third-order valence-corrected chi connectivity index (χ3v) is 20.5. The van der Waals surface area contributed by atoms with Gasteiger partial charge in [0.2, 0.25) is 0 Å². The molecule has 2 aliphatic heterocycles. The summed E-state index contributed by atoms with van der Waals surface area (Å²) in [7, 11) is -2.23. The van der Waals surface area contributed by atoms with Crippen molar-refractivity contribution < 1.29 is 0 Å². The molecule has 7 aromatic rings. The zero-order chi connectivity index (χ0) is 46.6. The van der Waals surface area contributed by atoms with Crippen LogP contribution >= 0.6 is 0 Å². The second-order valence-corrected chi connectivity index (χ2v) is 29.9. The number of hydrogen-bond acceptors (Lipinski definition) is 3. The summed E-state index contributed by atoms with van der Waals surface area (Å²) in [6, 6.07) is 60.0. The molecule has 15 rings (SSSR count). The zero-order valence-electron chi connectivity index (χ0n) is 41.2. The Hall–Kier alpha value is -6.30. The maximum atomic E-state index is 2.75. The number of benzene rings is 7. The topological polar surface area (TPSA) is 9.72 Å². The van der Waals surface area contributed by atoms with Gasteiger partial charge in [-0.3, -0.25) is 0 Å². The third-order valence-electron chi connectivity index (χ3n) is 18.1. The Morgan fingerprint density at radius 3 is 2.03 bits per heavy atom. The maximum absolute atomic E-state index is 2.75. The first-order chi connectivity index (χ1) is 33.5. The Balaban J connectivity index is 1.17. The van der Waals surface area contributed by atoms with Crippen LogP contribution in [0.3, 0.4) is 0 Å². The van der Waals surface area contributed by atoms with Gasteiger partial charge in [-0.25, -0.2) is 0 Å². The van der Waals surface area contributed by atoms with E-state index in [1.165, 1.54) is 109 Å². The monoisotopic (exact) mass is 912 g/mol. The summed E-state index contributed by atoms with van der Waals surface area (Å²) >= 11 is 0. The summed E-state index contributed by atoms with van der Waals surface area (Å²) < 4.78 is 0. The predicted octanol–water partition coefficient (Wildman–Crippen LogP) is 13.7. The number of anilines is 8. The molecule has 0 amide bonds. The fraction of sp³-hybridized carbons (Fsp3) is 0.281. The van der Waals surface area contributed by atoms with Crippen molar-refractivity contribution in [2.24, 2.45) is 23.7 Å². The summed E-state index contributed by atoms with van der Waals surface area (Å²) in [6.07, 6.45) is 15.7. The molecule has 6 unspecified atom stereocenters. The summed E-state index contributed by atoms with van der Waals surface area (Å²) in [6.45, 7) is 14.7. The van der Waals surface area contributed by atoms with Crippen molar-refractivity contribution in [2.45, 2.75) is 89.4 Å². The van der Waals surface area contributed by atoms with E-state index >= 15 is 0 Å². The van der Waals surface area contributed by atoms with E-state index in [0.717, 1.165) is 18.3 Å². The van der Waals surface area contributed by atoms with Gasteiger partial charge < -0.3 is 0 Å². The number of rotatable bonds is 6. The number of para-hydroxylation sites is 3. The van der Waals surface area contributed by atoms with Crippen molar-refractivity contribution >= 4 is 81.9 Å². The molecule has 4 bridgehead atoms. The van der Waals surface area contributed by atoms with Gasteiger partial charge in [-0.1, -0.05) is 0 Å². The van der Waals surface area contributed by atoms with Crippen LogP contribution in [-0.4, -0.2) is 20.8 Å². The molecule has 6 aliphatic carbocycles. The predicted molar refractivity (Wildman–Crippen MR) is 297 cm³/mol. The molecule has 69 heavy (non-hydrogen) atoms. The van der Waals surface area contributed by atoms with Gasteiger partial charge in [-0.2, -0.15) is 0 Å². The van der Waals surface area contributed by atoms with Crippen LogP contribution in [0.4, 0.5) is 45.5 Å². The first-order valence-electron chi connectivity index (χ1n) is 26.3. The molecule has 8 aliphatic rings. The van der Waals surface area contributed by atoms with Gasteiger partial charge in [-0.05, 0) is 0 Å². The van der Waals surface area contributed by atoms with E-state index in [2.05, 4.69) is 231 Å². The van der Waals surface area contributed by atoms with Crippen molar-refractivity contribution in [3.8, 4) is 11.1 Å². The van der Waals surface area contributed by atoms with Crippen LogP contribution in [0.15, 0.2) is 176 Å². The molecule has 0 radical (unpaired) electrons. The van der Waals surface area contributed by atoms with Gasteiger partial charge >= 0.3 is 413 Å². The molecular weight excluding hydrogens is 850 g/mol. The number of hydrogen-bond donors (Lipinski definition) is 0. The standard InChI is InChI=1S/C64H63BN3Si/c1-63(2,3)43-30-32-48(33-31-43)68-57-39-49(69(4,5)6)38-56-61(57)65(53-28-18-19-29-54(53)67(56)47-24-14-9-15-25-47)62-58(68)40-55(66(45-20-10-7-11-21-45)46-22-12-8-13-23-46)60-59(62)50-26-16-17-27-51(50)64(60)44-35-41-34-42(37-44)52(64)36-41/h7-24,26-33,38-42,44,47,52,69H,25,34-37H2,1-6H3/q-1. The van der Waals surface area contributed by atoms with Gasteiger partial charge in [0, 0.05) is 0 Å². The number of nitrogens with zero attached hydrogens (tertiary/aromatic N) is 3. The van der Waals surface area contributed by atoms with Crippen LogP contribution in [0.25, 0.3) is 11.1 Å². The van der Waals surface area contributed by atoms with Crippen LogP contribution < -0.4 is 36.3 Å². The molecule has 5 heteroatoms. The summed E-state index contributed by atoms with van der Waals surface area (Å²) in [5.74, 6) is 2.86. The molecule has 4 fully saturated rings. The van der Waals surface area contributed by atoms with Crippen LogP contribution in [0.5, 0.6) is 0 Å². The van der Waals surface area contributed by atoms with Crippen LogP contribution in [0.1, 0.15) is 69.6 Å². The Morgan fingerprint density at radius 2 is 1.33 bits per heavy atom. The SMILES string of the molecule is CC(C)(C)c1ccc(N2c3cc([SiH-](C)(C)C)cc4c3B(c3ccccc3N4C3C=CC=CC3)c3c2cc(N(c2ccccc2)c2ccccc2)c2c3-c3ccccc3C23C2CC4CC(C2)C3C4)cc1. The second-order valence-electron chi connectivity index (χ2n) is 24.1. The molecule has 1 spiro atoms. The summed E-state index contributed by atoms with van der Waals surface area (Å²) in [5.41, 5.74) is 22.2. The van der Waals surface area contributed by atoms with E-state index in [9.17, 15) is 0 Å². The molecule has 2 heterocycles. The summed E-state index contributed by atoms with van der Waals surface area (Å²) in [4.78, 5) is 8.15. The quantitative estimate of drug-likeness (QED) is 0.154. The van der Waals surface area contributed by atoms with Gasteiger partial charge in [0.05, 0.1) is 0 Å². The third kappa shape index (κ3) is 5.86. The summed E-state index contributed by atoms with van der Waals surface area (Å²) in [5, 5.41) is 1.52. The second kappa shape index (κ2) is 14.9. The average molecular weight is 913 g/mol. The molecule has 0 saturated heterocycles. The molecule has 7 aromatic carbocycles. The van der Waals surface area contributed by atoms with Gasteiger partial charge in [0.1, 0.15) is 0 Å². The van der Waals surface area contributed by atoms with Crippen molar-refractivity contribution in [3.05, 3.63) is 193 Å². The molecule has 4 saturated carbocycles. The molecule has 0 aromatic heterocycles. The van der Waals surface area contributed by atoms with Gasteiger partial charge in [-0.15, -0.1) is 0 Å². The van der Waals surface area contributed by atoms with E-state index in [1.54, 1.807) is 11.1 Å². The van der Waals surface area contributed by atoms with E-state index in [1.807, 2.05) is 0 Å². The van der Waals surface area contributed by atoms with Crippen molar-refractivity contribution in [2.75, 3.05) is 14.7 Å². The Kier molecular flexibility index (Phi) is 8.97. The van der Waals surface area contributed by atoms with E-state index < -0.39 is 8.07 Å². The minimum atomic E-state index is -2.23. The fourth-order valence-electron chi connectivity index (χ4n) is 15.4.